The van der Waals surface area contributed by atoms with Crippen molar-refractivity contribution in [2.24, 2.45) is 5.92 Å². The minimum atomic E-state index is -0.0569. The molecule has 4 heteroatoms. The van der Waals surface area contributed by atoms with Crippen molar-refractivity contribution in [3.8, 4) is 0 Å². The van der Waals surface area contributed by atoms with Gasteiger partial charge in [-0.1, -0.05) is 6.92 Å². The van der Waals surface area contributed by atoms with Gasteiger partial charge < -0.3 is 4.74 Å². The molecule has 2 aliphatic rings. The first-order valence-electron chi connectivity index (χ1n) is 7.26. The summed E-state index contributed by atoms with van der Waals surface area (Å²) in [7, 11) is 0. The molecule has 0 spiro atoms. The first-order valence-corrected chi connectivity index (χ1v) is 7.26. The number of piperazine rings is 1. The minimum Gasteiger partial charge on any atom is -0.466 e. The molecule has 18 heavy (non-hydrogen) atoms. The summed E-state index contributed by atoms with van der Waals surface area (Å²) in [6, 6.07) is 1.27. The van der Waals surface area contributed by atoms with Crippen molar-refractivity contribution in [1.82, 2.24) is 9.80 Å². The molecule has 0 aromatic carbocycles. The average molecular weight is 254 g/mol. The van der Waals surface area contributed by atoms with Crippen LogP contribution in [0.25, 0.3) is 0 Å². The highest BCUT2D eigenvalue weighted by molar-refractivity contribution is 5.72. The second-order valence-corrected chi connectivity index (χ2v) is 5.75. The fourth-order valence-corrected chi connectivity index (χ4v) is 3.21. The molecule has 4 nitrogen and oxygen atoms in total. The van der Waals surface area contributed by atoms with Gasteiger partial charge >= 0.3 is 5.97 Å². The van der Waals surface area contributed by atoms with Crippen molar-refractivity contribution in [3.05, 3.63) is 0 Å². The van der Waals surface area contributed by atoms with Gasteiger partial charge in [-0.3, -0.25) is 14.6 Å². The Labute approximate surface area is 110 Å². The van der Waals surface area contributed by atoms with E-state index in [9.17, 15) is 4.79 Å². The largest absolute Gasteiger partial charge is 0.466 e. The molecule has 0 saturated carbocycles. The maximum absolute atomic E-state index is 11.7. The van der Waals surface area contributed by atoms with E-state index in [2.05, 4.69) is 16.7 Å². The van der Waals surface area contributed by atoms with Crippen LogP contribution in [0.4, 0.5) is 0 Å². The maximum Gasteiger partial charge on any atom is 0.309 e. The van der Waals surface area contributed by atoms with Crippen LogP contribution < -0.4 is 0 Å². The van der Waals surface area contributed by atoms with Crippen LogP contribution in [0.15, 0.2) is 0 Å². The number of hydrogen-bond donors (Lipinski definition) is 0. The third-order valence-electron chi connectivity index (χ3n) is 4.26. The van der Waals surface area contributed by atoms with Crippen molar-refractivity contribution in [2.45, 2.75) is 45.7 Å². The van der Waals surface area contributed by atoms with Gasteiger partial charge in [0.15, 0.2) is 0 Å². The Morgan fingerprint density at radius 2 is 2.22 bits per heavy atom. The SMILES string of the molecule is CCOC(=O)C(C)CN1CC2CCCN2CC1C. The summed E-state index contributed by atoms with van der Waals surface area (Å²) in [5.41, 5.74) is 0. The Balaban J connectivity index is 1.86. The minimum absolute atomic E-state index is 0.0136. The van der Waals surface area contributed by atoms with Gasteiger partial charge in [-0.2, -0.15) is 0 Å². The highest BCUT2D eigenvalue weighted by Crippen LogP contribution is 2.25. The molecule has 2 heterocycles. The molecule has 0 aliphatic carbocycles. The predicted molar refractivity (Wildman–Crippen MR) is 71.4 cm³/mol. The monoisotopic (exact) mass is 254 g/mol. The summed E-state index contributed by atoms with van der Waals surface area (Å²) in [5, 5.41) is 0. The van der Waals surface area contributed by atoms with Gasteiger partial charge in [0, 0.05) is 31.7 Å². The lowest BCUT2D eigenvalue weighted by atomic mass is 10.1. The lowest BCUT2D eigenvalue weighted by molar-refractivity contribution is -0.148. The summed E-state index contributed by atoms with van der Waals surface area (Å²) in [6.07, 6.45) is 2.65. The molecular weight excluding hydrogens is 228 g/mol. The first kappa shape index (κ1) is 13.8. The topological polar surface area (TPSA) is 32.8 Å². The number of carbonyl (C=O) groups is 1. The van der Waals surface area contributed by atoms with Crippen LogP contribution in [0.1, 0.15) is 33.6 Å². The van der Waals surface area contributed by atoms with Crippen LogP contribution >= 0.6 is 0 Å². The van der Waals surface area contributed by atoms with E-state index in [1.165, 1.54) is 19.4 Å². The van der Waals surface area contributed by atoms with E-state index in [1.54, 1.807) is 0 Å². The molecule has 2 aliphatic heterocycles. The van der Waals surface area contributed by atoms with E-state index in [0.29, 0.717) is 12.6 Å². The average Bonchev–Trinajstić information content (AvgIpc) is 2.76. The van der Waals surface area contributed by atoms with Crippen LogP contribution in [0.2, 0.25) is 0 Å². The van der Waals surface area contributed by atoms with Gasteiger partial charge in [0.05, 0.1) is 12.5 Å². The van der Waals surface area contributed by atoms with Crippen LogP contribution in [0.5, 0.6) is 0 Å². The molecule has 3 unspecified atom stereocenters. The molecule has 2 rings (SSSR count). The van der Waals surface area contributed by atoms with Crippen molar-refractivity contribution < 1.29 is 9.53 Å². The van der Waals surface area contributed by atoms with Gasteiger partial charge in [-0.15, -0.1) is 0 Å². The number of nitrogens with zero attached hydrogens (tertiary/aromatic N) is 2. The molecule has 104 valence electrons. The molecule has 2 saturated heterocycles. The quantitative estimate of drug-likeness (QED) is 0.709. The molecule has 3 atom stereocenters. The fourth-order valence-electron chi connectivity index (χ4n) is 3.21. The molecule has 0 radical (unpaired) electrons. The Hall–Kier alpha value is -0.610. The number of esters is 1. The Morgan fingerprint density at radius 3 is 2.94 bits per heavy atom. The highest BCUT2D eigenvalue weighted by Gasteiger charge is 2.35. The lowest BCUT2D eigenvalue weighted by Gasteiger charge is -2.43. The fraction of sp³-hybridized carbons (Fsp3) is 0.929. The van der Waals surface area contributed by atoms with E-state index in [-0.39, 0.29) is 11.9 Å². The molecule has 0 aromatic rings. The van der Waals surface area contributed by atoms with Gasteiger partial charge in [0.25, 0.3) is 0 Å². The first-order chi connectivity index (χ1) is 8.61. The van der Waals surface area contributed by atoms with E-state index >= 15 is 0 Å². The Bertz CT molecular complexity index is 296. The van der Waals surface area contributed by atoms with Crippen molar-refractivity contribution >= 4 is 5.97 Å². The molecule has 0 bridgehead atoms. The third-order valence-corrected chi connectivity index (χ3v) is 4.26. The van der Waals surface area contributed by atoms with Crippen molar-refractivity contribution in [3.63, 3.8) is 0 Å². The predicted octanol–water partition coefficient (Wildman–Crippen LogP) is 1.35. The van der Waals surface area contributed by atoms with Gasteiger partial charge in [0.1, 0.15) is 0 Å². The number of hydrogen-bond acceptors (Lipinski definition) is 4. The molecule has 2 fully saturated rings. The Morgan fingerprint density at radius 1 is 1.44 bits per heavy atom. The van der Waals surface area contributed by atoms with Gasteiger partial charge in [0.2, 0.25) is 0 Å². The number of ether oxygens (including phenoxy) is 1. The van der Waals surface area contributed by atoms with E-state index in [1.807, 2.05) is 13.8 Å². The Kier molecular flexibility index (Phi) is 4.62. The zero-order chi connectivity index (χ0) is 13.1. The van der Waals surface area contributed by atoms with E-state index in [4.69, 9.17) is 4.74 Å². The van der Waals surface area contributed by atoms with Crippen LogP contribution in [0, 0.1) is 5.92 Å². The van der Waals surface area contributed by atoms with Crippen LogP contribution in [-0.2, 0) is 9.53 Å². The number of rotatable bonds is 4. The van der Waals surface area contributed by atoms with E-state index in [0.717, 1.165) is 25.7 Å². The van der Waals surface area contributed by atoms with E-state index < -0.39 is 0 Å². The summed E-state index contributed by atoms with van der Waals surface area (Å²) in [4.78, 5) is 16.8. The highest BCUT2D eigenvalue weighted by atomic mass is 16.5. The van der Waals surface area contributed by atoms with Gasteiger partial charge in [-0.25, -0.2) is 0 Å². The van der Waals surface area contributed by atoms with Gasteiger partial charge in [-0.05, 0) is 33.2 Å². The standard InChI is InChI=1S/C14H26N2O2/c1-4-18-14(17)11(2)8-16-10-13-6-5-7-15(13)9-12(16)3/h11-13H,4-10H2,1-3H3. The molecular formula is C14H26N2O2. The van der Waals surface area contributed by atoms with Crippen LogP contribution in [-0.4, -0.2) is 60.6 Å². The molecule has 0 aromatic heterocycles. The maximum atomic E-state index is 11.7. The lowest BCUT2D eigenvalue weighted by Crippen LogP contribution is -2.56. The zero-order valence-electron chi connectivity index (χ0n) is 11.9. The third kappa shape index (κ3) is 3.04. The second-order valence-electron chi connectivity index (χ2n) is 5.75. The summed E-state index contributed by atoms with van der Waals surface area (Å²) in [5.74, 6) is -0.0705. The van der Waals surface area contributed by atoms with Crippen molar-refractivity contribution in [2.75, 3.05) is 32.8 Å². The zero-order valence-corrected chi connectivity index (χ0v) is 11.9. The smallest absolute Gasteiger partial charge is 0.309 e. The number of carbonyl (C=O) groups excluding carboxylic acids is 1. The summed E-state index contributed by atoms with van der Waals surface area (Å²) < 4.78 is 5.09. The summed E-state index contributed by atoms with van der Waals surface area (Å²) in [6.45, 7) is 11.0. The number of fused-ring (bicyclic) bond motifs is 1. The summed E-state index contributed by atoms with van der Waals surface area (Å²) >= 11 is 0. The van der Waals surface area contributed by atoms with Crippen molar-refractivity contribution in [1.29, 1.82) is 0 Å². The molecule has 0 N–H and O–H groups in total. The normalized spacial score (nSPS) is 31.1. The van der Waals surface area contributed by atoms with Crippen LogP contribution in [0.3, 0.4) is 0 Å². The second kappa shape index (κ2) is 6.02. The molecule has 0 amide bonds.